The van der Waals surface area contributed by atoms with Gasteiger partial charge < -0.3 is 19.7 Å². The zero-order chi connectivity index (χ0) is 17.4. The minimum absolute atomic E-state index is 0.298. The van der Waals surface area contributed by atoms with Crippen molar-refractivity contribution >= 4 is 21.8 Å². The minimum Gasteiger partial charge on any atom is -0.490 e. The molecule has 1 aliphatic heterocycles. The monoisotopic (exact) mass is 398 g/mol. The summed E-state index contributed by atoms with van der Waals surface area (Å²) in [5.41, 5.74) is 1.14. The van der Waals surface area contributed by atoms with Crippen molar-refractivity contribution < 1.29 is 14.3 Å². The van der Waals surface area contributed by atoms with Crippen LogP contribution in [0, 0.1) is 0 Å². The van der Waals surface area contributed by atoms with E-state index in [1.807, 2.05) is 24.8 Å². The van der Waals surface area contributed by atoms with E-state index in [2.05, 4.69) is 27.3 Å². The Kier molecular flexibility index (Phi) is 7.85. The summed E-state index contributed by atoms with van der Waals surface area (Å²) in [6, 6.07) is 4.08. The van der Waals surface area contributed by atoms with E-state index in [4.69, 9.17) is 9.47 Å². The van der Waals surface area contributed by atoms with Crippen molar-refractivity contribution in [2.45, 2.75) is 39.7 Å². The van der Waals surface area contributed by atoms with Crippen LogP contribution in [0.15, 0.2) is 16.6 Å². The highest BCUT2D eigenvalue weighted by atomic mass is 79.9. The van der Waals surface area contributed by atoms with E-state index >= 15 is 0 Å². The summed E-state index contributed by atoms with van der Waals surface area (Å²) in [5.74, 6) is 1.83. The summed E-state index contributed by atoms with van der Waals surface area (Å²) >= 11 is 3.57. The highest BCUT2D eigenvalue weighted by molar-refractivity contribution is 9.10. The van der Waals surface area contributed by atoms with Gasteiger partial charge >= 0.3 is 0 Å². The van der Waals surface area contributed by atoms with Gasteiger partial charge in [-0.15, -0.1) is 0 Å². The molecule has 1 aromatic rings. The molecule has 1 aromatic carbocycles. The molecular formula is C18H27BrN2O3. The highest BCUT2D eigenvalue weighted by Gasteiger charge is 2.18. The van der Waals surface area contributed by atoms with E-state index in [-0.39, 0.29) is 0 Å². The van der Waals surface area contributed by atoms with Crippen LogP contribution in [-0.4, -0.2) is 43.7 Å². The molecule has 0 saturated carbocycles. The van der Waals surface area contributed by atoms with Crippen molar-refractivity contribution in [2.24, 2.45) is 0 Å². The number of likely N-dealkylation sites (tertiary alicyclic amines) is 1. The second-order valence-corrected chi connectivity index (χ2v) is 6.64. The fourth-order valence-electron chi connectivity index (χ4n) is 2.84. The second kappa shape index (κ2) is 9.89. The third-order valence-electron chi connectivity index (χ3n) is 3.94. The van der Waals surface area contributed by atoms with Gasteiger partial charge in [-0.2, -0.15) is 0 Å². The summed E-state index contributed by atoms with van der Waals surface area (Å²) in [7, 11) is 0. The molecule has 134 valence electrons. The maximum atomic E-state index is 11.6. The van der Waals surface area contributed by atoms with Gasteiger partial charge in [0.15, 0.2) is 11.5 Å². The number of rotatable bonds is 10. The molecule has 1 saturated heterocycles. The van der Waals surface area contributed by atoms with Crippen molar-refractivity contribution in [1.29, 1.82) is 0 Å². The Labute approximate surface area is 152 Å². The van der Waals surface area contributed by atoms with Gasteiger partial charge in [-0.25, -0.2) is 0 Å². The van der Waals surface area contributed by atoms with Gasteiger partial charge in [0.1, 0.15) is 0 Å². The van der Waals surface area contributed by atoms with Crippen LogP contribution in [0.5, 0.6) is 11.5 Å². The van der Waals surface area contributed by atoms with Crippen LogP contribution >= 0.6 is 15.9 Å². The quantitative estimate of drug-likeness (QED) is 0.613. The van der Waals surface area contributed by atoms with Crippen LogP contribution in [0.2, 0.25) is 0 Å². The number of halogens is 1. The second-order valence-electron chi connectivity index (χ2n) is 5.79. The first-order chi connectivity index (χ1) is 11.7. The molecule has 1 fully saturated rings. The molecule has 0 aliphatic carbocycles. The lowest BCUT2D eigenvalue weighted by atomic mass is 10.2. The van der Waals surface area contributed by atoms with Gasteiger partial charge in [-0.05, 0) is 66.9 Å². The molecule has 1 amide bonds. The Balaban J connectivity index is 1.82. The molecule has 24 heavy (non-hydrogen) atoms. The lowest BCUT2D eigenvalue weighted by Gasteiger charge is -2.16. The average molecular weight is 399 g/mol. The number of nitrogens with zero attached hydrogens (tertiary/aromatic N) is 1. The lowest BCUT2D eigenvalue weighted by Crippen LogP contribution is -2.28. The maximum absolute atomic E-state index is 11.6. The van der Waals surface area contributed by atoms with Crippen LogP contribution in [0.4, 0.5) is 0 Å². The van der Waals surface area contributed by atoms with Gasteiger partial charge in [0.2, 0.25) is 5.91 Å². The molecule has 1 heterocycles. The zero-order valence-electron chi connectivity index (χ0n) is 14.6. The van der Waals surface area contributed by atoms with Crippen molar-refractivity contribution in [3.05, 3.63) is 22.2 Å². The molecule has 1 N–H and O–H groups in total. The van der Waals surface area contributed by atoms with Gasteiger partial charge in [-0.3, -0.25) is 4.79 Å². The number of carbonyl (C=O) groups is 1. The van der Waals surface area contributed by atoms with Crippen LogP contribution in [0.3, 0.4) is 0 Å². The number of hydrogen-bond donors (Lipinski definition) is 1. The lowest BCUT2D eigenvalue weighted by molar-refractivity contribution is -0.127. The summed E-state index contributed by atoms with van der Waals surface area (Å²) < 4.78 is 12.3. The molecule has 1 aliphatic rings. The van der Waals surface area contributed by atoms with Gasteiger partial charge in [0.05, 0.1) is 17.7 Å². The van der Waals surface area contributed by atoms with Crippen LogP contribution in [0.1, 0.15) is 38.7 Å². The number of benzene rings is 1. The van der Waals surface area contributed by atoms with Crippen molar-refractivity contribution in [3.8, 4) is 11.5 Å². The topological polar surface area (TPSA) is 50.8 Å². The Morgan fingerprint density at radius 3 is 2.71 bits per heavy atom. The molecule has 0 bridgehead atoms. The summed E-state index contributed by atoms with van der Waals surface area (Å²) in [5, 5.41) is 3.43. The smallest absolute Gasteiger partial charge is 0.222 e. The first kappa shape index (κ1) is 19.1. The van der Waals surface area contributed by atoms with Gasteiger partial charge in [0.25, 0.3) is 0 Å². The third-order valence-corrected chi connectivity index (χ3v) is 4.53. The van der Waals surface area contributed by atoms with E-state index < -0.39 is 0 Å². The summed E-state index contributed by atoms with van der Waals surface area (Å²) in [4.78, 5) is 13.5. The molecule has 0 aromatic heterocycles. The van der Waals surface area contributed by atoms with Crippen LogP contribution in [0.25, 0.3) is 0 Å². The Bertz CT molecular complexity index is 551. The Morgan fingerprint density at radius 2 is 2.04 bits per heavy atom. The molecular weight excluding hydrogens is 372 g/mol. The molecule has 0 radical (unpaired) electrons. The van der Waals surface area contributed by atoms with Gasteiger partial charge in [-0.1, -0.05) is 0 Å². The van der Waals surface area contributed by atoms with Crippen molar-refractivity contribution in [1.82, 2.24) is 10.2 Å². The molecule has 0 unspecified atom stereocenters. The molecule has 0 spiro atoms. The first-order valence-corrected chi connectivity index (χ1v) is 9.51. The zero-order valence-corrected chi connectivity index (χ0v) is 16.2. The Hall–Kier alpha value is -1.27. The van der Waals surface area contributed by atoms with Crippen molar-refractivity contribution in [2.75, 3.05) is 32.8 Å². The average Bonchev–Trinajstić information content (AvgIpc) is 2.96. The number of nitrogens with one attached hydrogen (secondary N) is 1. The largest absolute Gasteiger partial charge is 0.490 e. The van der Waals surface area contributed by atoms with Crippen LogP contribution in [-0.2, 0) is 11.3 Å². The van der Waals surface area contributed by atoms with E-state index in [0.717, 1.165) is 60.6 Å². The highest BCUT2D eigenvalue weighted by Crippen LogP contribution is 2.36. The number of ether oxygens (including phenoxy) is 2. The first-order valence-electron chi connectivity index (χ1n) is 8.72. The number of hydrogen-bond acceptors (Lipinski definition) is 4. The molecule has 2 rings (SSSR count). The molecule has 5 nitrogen and oxygen atoms in total. The minimum atomic E-state index is 0.298. The normalized spacial score (nSPS) is 14.3. The van der Waals surface area contributed by atoms with E-state index in [0.29, 0.717) is 25.5 Å². The third kappa shape index (κ3) is 5.38. The standard InChI is InChI=1S/C18H27BrN2O3/c1-3-23-16-12-14(11-15(19)18(16)24-4-2)13-20-8-6-10-21-9-5-7-17(21)22/h11-12,20H,3-10,13H2,1-2H3. The number of amides is 1. The number of carbonyl (C=O) groups excluding carboxylic acids is 1. The fourth-order valence-corrected chi connectivity index (χ4v) is 3.44. The molecule has 0 atom stereocenters. The Morgan fingerprint density at radius 1 is 1.25 bits per heavy atom. The summed E-state index contributed by atoms with van der Waals surface area (Å²) in [6.07, 6.45) is 2.70. The SMILES string of the molecule is CCOc1cc(CNCCCN2CCCC2=O)cc(Br)c1OCC. The summed E-state index contributed by atoms with van der Waals surface area (Å²) in [6.45, 7) is 8.55. The fraction of sp³-hybridized carbons (Fsp3) is 0.611. The maximum Gasteiger partial charge on any atom is 0.222 e. The molecule has 6 heteroatoms. The van der Waals surface area contributed by atoms with Gasteiger partial charge in [0, 0.05) is 26.1 Å². The predicted molar refractivity (Wildman–Crippen MR) is 98.6 cm³/mol. The van der Waals surface area contributed by atoms with Crippen molar-refractivity contribution in [3.63, 3.8) is 0 Å². The van der Waals surface area contributed by atoms with E-state index in [9.17, 15) is 4.79 Å². The predicted octanol–water partition coefficient (Wildman–Crippen LogP) is 3.35. The van der Waals surface area contributed by atoms with Crippen LogP contribution < -0.4 is 14.8 Å². The van der Waals surface area contributed by atoms with E-state index in [1.54, 1.807) is 0 Å². The van der Waals surface area contributed by atoms with E-state index in [1.165, 1.54) is 0 Å².